The van der Waals surface area contributed by atoms with Crippen molar-refractivity contribution in [3.63, 3.8) is 0 Å². The average Bonchev–Trinajstić information content (AvgIpc) is 2.90. The highest BCUT2D eigenvalue weighted by molar-refractivity contribution is 7.85. The van der Waals surface area contributed by atoms with Crippen molar-refractivity contribution in [1.82, 2.24) is 0 Å². The molecule has 0 saturated heterocycles. The first-order valence-electron chi connectivity index (χ1n) is 18.5. The van der Waals surface area contributed by atoms with Crippen molar-refractivity contribution >= 4 is 10.1 Å². The highest BCUT2D eigenvalue weighted by atomic mass is 32.2. The molecule has 0 heterocycles. The molecule has 0 spiro atoms. The first-order valence-corrected chi connectivity index (χ1v) is 19.9. The van der Waals surface area contributed by atoms with E-state index in [1.165, 1.54) is 101 Å². The van der Waals surface area contributed by atoms with Crippen LogP contribution in [0.25, 0.3) is 0 Å². The van der Waals surface area contributed by atoms with Crippen molar-refractivity contribution in [3.05, 3.63) is 28.3 Å². The van der Waals surface area contributed by atoms with E-state index in [9.17, 15) is 13.0 Å². The third kappa shape index (κ3) is 18.0. The molecule has 0 aliphatic rings. The lowest BCUT2D eigenvalue weighted by Crippen LogP contribution is -2.13. The van der Waals surface area contributed by atoms with Crippen LogP contribution in [0.2, 0.25) is 0 Å². The highest BCUT2D eigenvalue weighted by Crippen LogP contribution is 2.35. The van der Waals surface area contributed by atoms with Gasteiger partial charge in [-0.15, -0.1) is 0 Å². The lowest BCUT2D eigenvalue weighted by molar-refractivity contribution is 0.480. The van der Waals surface area contributed by atoms with E-state index in [1.807, 2.05) is 6.07 Å². The van der Waals surface area contributed by atoms with Gasteiger partial charge in [-0.25, -0.2) is 0 Å². The molecule has 0 aromatic heterocycles. The summed E-state index contributed by atoms with van der Waals surface area (Å²) in [5, 5.41) is 0. The molecule has 0 unspecified atom stereocenters. The Kier molecular flexibility index (Phi) is 21.1. The standard InChI is InChI=1S/C39H72O3S/c1-31(2)24-18-12-9-15-21-27-35-36(28-22-16-10-13-19-25-32(3)4)38(34(7)8)30-39(43(40,41)42)37(35)29-23-17-11-14-20-26-33(5)6/h30-34H,9-29H2,1-8H3,(H,40,41,42). The predicted octanol–water partition coefficient (Wildman–Crippen LogP) is 12.7. The SMILES string of the molecule is CC(C)CCCCCCCc1c(C(C)C)cc(S(=O)(=O)O)c(CCCCCCCC(C)C)c1CCCCCCCC(C)C. The Morgan fingerprint density at radius 2 is 0.814 bits per heavy atom. The summed E-state index contributed by atoms with van der Waals surface area (Å²) in [4.78, 5) is 0.195. The van der Waals surface area contributed by atoms with Crippen molar-refractivity contribution in [2.75, 3.05) is 0 Å². The van der Waals surface area contributed by atoms with Gasteiger partial charge in [-0.3, -0.25) is 4.55 Å². The summed E-state index contributed by atoms with van der Waals surface area (Å²) in [6, 6.07) is 1.85. The molecule has 43 heavy (non-hydrogen) atoms. The van der Waals surface area contributed by atoms with Crippen LogP contribution in [0.5, 0.6) is 0 Å². The summed E-state index contributed by atoms with van der Waals surface area (Å²) in [6.07, 6.45) is 24.9. The van der Waals surface area contributed by atoms with Crippen molar-refractivity contribution in [2.24, 2.45) is 17.8 Å². The molecule has 1 aromatic rings. The molecule has 1 aromatic carbocycles. The van der Waals surface area contributed by atoms with Gasteiger partial charge in [-0.1, -0.05) is 152 Å². The maximum atomic E-state index is 12.8. The first kappa shape index (κ1) is 40.2. The monoisotopic (exact) mass is 621 g/mol. The zero-order chi connectivity index (χ0) is 32.3. The molecule has 0 bridgehead atoms. The smallest absolute Gasteiger partial charge is 0.282 e. The first-order chi connectivity index (χ1) is 20.3. The van der Waals surface area contributed by atoms with Gasteiger partial charge < -0.3 is 0 Å². The van der Waals surface area contributed by atoms with Crippen molar-refractivity contribution in [3.8, 4) is 0 Å². The van der Waals surface area contributed by atoms with Crippen LogP contribution < -0.4 is 0 Å². The summed E-state index contributed by atoms with van der Waals surface area (Å²) in [5.41, 5.74) is 4.73. The third-order valence-electron chi connectivity index (χ3n) is 9.19. The Bertz CT molecular complexity index is 959. The summed E-state index contributed by atoms with van der Waals surface area (Å²) in [5.74, 6) is 2.54. The maximum absolute atomic E-state index is 12.8. The van der Waals surface area contributed by atoms with E-state index < -0.39 is 10.1 Å². The summed E-state index contributed by atoms with van der Waals surface area (Å²) >= 11 is 0. The molecule has 0 fully saturated rings. The molecule has 0 aliphatic carbocycles. The van der Waals surface area contributed by atoms with Gasteiger partial charge in [0, 0.05) is 0 Å². The van der Waals surface area contributed by atoms with Crippen LogP contribution in [-0.2, 0) is 29.4 Å². The topological polar surface area (TPSA) is 54.4 Å². The van der Waals surface area contributed by atoms with Crippen LogP contribution in [0.15, 0.2) is 11.0 Å². The van der Waals surface area contributed by atoms with E-state index >= 15 is 0 Å². The van der Waals surface area contributed by atoms with Crippen LogP contribution in [0.1, 0.15) is 199 Å². The zero-order valence-corrected chi connectivity index (χ0v) is 30.7. The van der Waals surface area contributed by atoms with Crippen LogP contribution in [0.4, 0.5) is 0 Å². The Morgan fingerprint density at radius 3 is 1.16 bits per heavy atom. The molecule has 0 radical (unpaired) electrons. The number of hydrogen-bond donors (Lipinski definition) is 1. The average molecular weight is 621 g/mol. The second-order valence-corrected chi connectivity index (χ2v) is 16.5. The van der Waals surface area contributed by atoms with E-state index in [0.717, 1.165) is 73.8 Å². The molecule has 4 heteroatoms. The van der Waals surface area contributed by atoms with Crippen molar-refractivity contribution < 1.29 is 13.0 Å². The van der Waals surface area contributed by atoms with Gasteiger partial charge in [0.1, 0.15) is 0 Å². The van der Waals surface area contributed by atoms with E-state index in [4.69, 9.17) is 0 Å². The lowest BCUT2D eigenvalue weighted by Gasteiger charge is -2.24. The summed E-state index contributed by atoms with van der Waals surface area (Å²) in [6.45, 7) is 18.1. The number of unbranched alkanes of at least 4 members (excludes halogenated alkanes) is 12. The predicted molar refractivity (Wildman–Crippen MR) is 189 cm³/mol. The minimum Gasteiger partial charge on any atom is -0.282 e. The van der Waals surface area contributed by atoms with Gasteiger partial charge >= 0.3 is 0 Å². The number of benzene rings is 1. The van der Waals surface area contributed by atoms with Gasteiger partial charge in [-0.05, 0) is 90.5 Å². The molecule has 0 saturated carbocycles. The minimum absolute atomic E-state index is 0.195. The van der Waals surface area contributed by atoms with Crippen LogP contribution in [0.3, 0.4) is 0 Å². The normalized spacial score (nSPS) is 12.5. The van der Waals surface area contributed by atoms with Gasteiger partial charge in [0.05, 0.1) is 4.90 Å². The fraction of sp³-hybridized carbons (Fsp3) is 0.846. The fourth-order valence-electron chi connectivity index (χ4n) is 6.59. The Morgan fingerprint density at radius 1 is 0.488 bits per heavy atom. The lowest BCUT2D eigenvalue weighted by atomic mass is 9.83. The minimum atomic E-state index is -4.28. The largest absolute Gasteiger partial charge is 0.294 e. The van der Waals surface area contributed by atoms with Gasteiger partial charge in [0.2, 0.25) is 0 Å². The second kappa shape index (κ2) is 22.6. The van der Waals surface area contributed by atoms with E-state index in [2.05, 4.69) is 55.4 Å². The third-order valence-corrected chi connectivity index (χ3v) is 10.1. The molecular weight excluding hydrogens is 548 g/mol. The molecule has 1 rings (SSSR count). The van der Waals surface area contributed by atoms with Crippen molar-refractivity contribution in [2.45, 2.75) is 201 Å². The zero-order valence-electron chi connectivity index (χ0n) is 29.9. The van der Waals surface area contributed by atoms with Crippen molar-refractivity contribution in [1.29, 1.82) is 0 Å². The van der Waals surface area contributed by atoms with Gasteiger partial charge in [0.15, 0.2) is 0 Å². The van der Waals surface area contributed by atoms with Gasteiger partial charge in [-0.2, -0.15) is 8.42 Å². The summed E-state index contributed by atoms with van der Waals surface area (Å²) in [7, 11) is -4.28. The second-order valence-electron chi connectivity index (χ2n) is 15.1. The maximum Gasteiger partial charge on any atom is 0.294 e. The number of hydrogen-bond acceptors (Lipinski definition) is 2. The van der Waals surface area contributed by atoms with E-state index in [1.54, 1.807) is 0 Å². The molecule has 0 aliphatic heterocycles. The Hall–Kier alpha value is -0.870. The van der Waals surface area contributed by atoms with Crippen LogP contribution in [-0.4, -0.2) is 13.0 Å². The van der Waals surface area contributed by atoms with E-state index in [0.29, 0.717) is 0 Å². The molecule has 3 nitrogen and oxygen atoms in total. The summed E-state index contributed by atoms with van der Waals surface area (Å²) < 4.78 is 36.0. The van der Waals surface area contributed by atoms with Crippen LogP contribution >= 0.6 is 0 Å². The molecule has 252 valence electrons. The van der Waals surface area contributed by atoms with E-state index in [-0.39, 0.29) is 10.8 Å². The Labute approximate surface area is 269 Å². The quantitative estimate of drug-likeness (QED) is 0.0828. The van der Waals surface area contributed by atoms with Crippen LogP contribution in [0, 0.1) is 17.8 Å². The highest BCUT2D eigenvalue weighted by Gasteiger charge is 2.25. The number of rotatable bonds is 26. The Balaban J connectivity index is 3.16. The molecule has 0 amide bonds. The molecular formula is C39H72O3S. The fourth-order valence-corrected chi connectivity index (χ4v) is 7.40. The van der Waals surface area contributed by atoms with Gasteiger partial charge in [0.25, 0.3) is 10.1 Å². The molecule has 0 atom stereocenters. The molecule has 1 N–H and O–H groups in total.